The Morgan fingerprint density at radius 3 is 2.04 bits per heavy atom. The van der Waals surface area contributed by atoms with Gasteiger partial charge in [-0.05, 0) is 39.4 Å². The van der Waals surface area contributed by atoms with Gasteiger partial charge in [0, 0.05) is 0 Å². The Morgan fingerprint density at radius 2 is 1.24 bits per heavy atom. The van der Waals surface area contributed by atoms with Crippen LogP contribution in [0.1, 0.15) is 28.4 Å². The molecule has 0 aliphatic carbocycles. The molecule has 0 amide bonds. The van der Waals surface area contributed by atoms with E-state index in [0.29, 0.717) is 0 Å². The Balaban J connectivity index is 1.58. The van der Waals surface area contributed by atoms with E-state index in [1.165, 1.54) is 21.9 Å². The number of hydrogen-bond donors (Lipinski definition) is 1. The van der Waals surface area contributed by atoms with E-state index in [-0.39, 0.29) is 0 Å². The second-order valence-electron chi connectivity index (χ2n) is 6.37. The van der Waals surface area contributed by atoms with Crippen molar-refractivity contribution in [2.75, 3.05) is 0 Å². The molecule has 4 rings (SSSR count). The van der Waals surface area contributed by atoms with Crippen LogP contribution in [0.5, 0.6) is 0 Å². The van der Waals surface area contributed by atoms with Crippen LogP contribution in [0.15, 0.2) is 97.1 Å². The van der Waals surface area contributed by atoms with Crippen molar-refractivity contribution in [2.45, 2.75) is 12.5 Å². The third-order valence-electron chi connectivity index (χ3n) is 4.69. The largest absolute Gasteiger partial charge is 0.384 e. The molecule has 4 aromatic rings. The second kappa shape index (κ2) is 6.92. The normalized spacial score (nSPS) is 12.2. The first-order chi connectivity index (χ1) is 12.3. The van der Waals surface area contributed by atoms with Crippen LogP contribution < -0.4 is 0 Å². The molecule has 25 heavy (non-hydrogen) atoms. The van der Waals surface area contributed by atoms with Crippen LogP contribution in [0.3, 0.4) is 0 Å². The van der Waals surface area contributed by atoms with Gasteiger partial charge in [-0.25, -0.2) is 0 Å². The standard InChI is InChI=1S/C24H20O/c25-24(20-8-2-1-3-9-20)21-15-13-18(14-16-21)17-22-11-6-10-19-7-4-5-12-23(19)22/h1-16,24-25H,17H2. The summed E-state index contributed by atoms with van der Waals surface area (Å²) in [4.78, 5) is 0. The van der Waals surface area contributed by atoms with Crippen LogP contribution in [0.4, 0.5) is 0 Å². The third kappa shape index (κ3) is 3.33. The molecule has 0 heterocycles. The fourth-order valence-electron chi connectivity index (χ4n) is 3.31. The van der Waals surface area contributed by atoms with E-state index < -0.39 is 6.10 Å². The summed E-state index contributed by atoms with van der Waals surface area (Å²) >= 11 is 0. The molecule has 0 radical (unpaired) electrons. The summed E-state index contributed by atoms with van der Waals surface area (Å²) in [6.07, 6.45) is 0.316. The summed E-state index contributed by atoms with van der Waals surface area (Å²) in [5.74, 6) is 0. The highest BCUT2D eigenvalue weighted by Gasteiger charge is 2.10. The molecule has 4 aromatic carbocycles. The van der Waals surface area contributed by atoms with E-state index in [2.05, 4.69) is 54.6 Å². The molecule has 1 atom stereocenters. The monoisotopic (exact) mass is 324 g/mol. The zero-order valence-corrected chi connectivity index (χ0v) is 14.0. The number of hydrogen-bond acceptors (Lipinski definition) is 1. The van der Waals surface area contributed by atoms with Crippen LogP contribution >= 0.6 is 0 Å². The van der Waals surface area contributed by atoms with Crippen molar-refractivity contribution in [1.29, 1.82) is 0 Å². The van der Waals surface area contributed by atoms with Gasteiger partial charge in [-0.15, -0.1) is 0 Å². The molecule has 0 saturated carbocycles. The molecule has 0 saturated heterocycles. The molecular formula is C24H20O. The summed E-state index contributed by atoms with van der Waals surface area (Å²) < 4.78 is 0. The maximum atomic E-state index is 10.5. The summed E-state index contributed by atoms with van der Waals surface area (Å²) in [6.45, 7) is 0. The molecule has 1 nitrogen and oxygen atoms in total. The van der Waals surface area contributed by atoms with Crippen molar-refractivity contribution >= 4 is 10.8 Å². The molecule has 1 N–H and O–H groups in total. The van der Waals surface area contributed by atoms with E-state index in [1.54, 1.807) is 0 Å². The van der Waals surface area contributed by atoms with Crippen molar-refractivity contribution in [3.63, 3.8) is 0 Å². The van der Waals surface area contributed by atoms with Gasteiger partial charge in [0.15, 0.2) is 0 Å². The number of rotatable bonds is 4. The average molecular weight is 324 g/mol. The first kappa shape index (κ1) is 15.6. The van der Waals surface area contributed by atoms with Gasteiger partial charge in [0.25, 0.3) is 0 Å². The Kier molecular flexibility index (Phi) is 4.32. The molecule has 0 aromatic heterocycles. The Hall–Kier alpha value is -2.90. The quantitative estimate of drug-likeness (QED) is 0.524. The molecule has 0 aliphatic rings. The van der Waals surface area contributed by atoms with Crippen LogP contribution in [0.25, 0.3) is 10.8 Å². The molecule has 122 valence electrons. The average Bonchev–Trinajstić information content (AvgIpc) is 2.69. The van der Waals surface area contributed by atoms with Crippen molar-refractivity contribution in [3.8, 4) is 0 Å². The van der Waals surface area contributed by atoms with Crippen molar-refractivity contribution in [3.05, 3.63) is 119 Å². The van der Waals surface area contributed by atoms with Crippen molar-refractivity contribution in [2.24, 2.45) is 0 Å². The van der Waals surface area contributed by atoms with Crippen molar-refractivity contribution < 1.29 is 5.11 Å². The lowest BCUT2D eigenvalue weighted by Gasteiger charge is -2.12. The first-order valence-corrected chi connectivity index (χ1v) is 8.60. The fraction of sp³-hybridized carbons (Fsp3) is 0.0833. The minimum Gasteiger partial charge on any atom is -0.384 e. The van der Waals surface area contributed by atoms with E-state index in [4.69, 9.17) is 0 Å². The fourth-order valence-corrected chi connectivity index (χ4v) is 3.31. The Bertz CT molecular complexity index is 966. The zero-order chi connectivity index (χ0) is 17.1. The topological polar surface area (TPSA) is 20.2 Å². The second-order valence-corrected chi connectivity index (χ2v) is 6.37. The predicted octanol–water partition coefficient (Wildman–Crippen LogP) is 5.51. The lowest BCUT2D eigenvalue weighted by molar-refractivity contribution is 0.220. The van der Waals surface area contributed by atoms with Gasteiger partial charge in [-0.1, -0.05) is 97.1 Å². The number of aliphatic hydroxyl groups is 1. The SMILES string of the molecule is OC(c1ccccc1)c1ccc(Cc2cccc3ccccc23)cc1. The minimum absolute atomic E-state index is 0.576. The molecule has 1 heteroatoms. The summed E-state index contributed by atoms with van der Waals surface area (Å²) in [5.41, 5.74) is 4.42. The van der Waals surface area contributed by atoms with Gasteiger partial charge in [0.1, 0.15) is 6.10 Å². The highest BCUT2D eigenvalue weighted by Crippen LogP contribution is 2.24. The molecule has 0 fully saturated rings. The molecule has 1 unspecified atom stereocenters. The Morgan fingerprint density at radius 1 is 0.600 bits per heavy atom. The Labute approximate surface area is 148 Å². The van der Waals surface area contributed by atoms with Gasteiger partial charge >= 0.3 is 0 Å². The van der Waals surface area contributed by atoms with E-state index in [0.717, 1.165) is 17.5 Å². The van der Waals surface area contributed by atoms with Crippen LogP contribution in [-0.2, 0) is 6.42 Å². The molecular weight excluding hydrogens is 304 g/mol. The smallest absolute Gasteiger partial charge is 0.104 e. The van der Waals surface area contributed by atoms with E-state index >= 15 is 0 Å². The highest BCUT2D eigenvalue weighted by atomic mass is 16.3. The van der Waals surface area contributed by atoms with Gasteiger partial charge in [0.2, 0.25) is 0 Å². The maximum Gasteiger partial charge on any atom is 0.104 e. The number of fused-ring (bicyclic) bond motifs is 1. The molecule has 0 bridgehead atoms. The summed E-state index contributed by atoms with van der Waals surface area (Å²) in [7, 11) is 0. The van der Waals surface area contributed by atoms with Crippen LogP contribution in [-0.4, -0.2) is 5.11 Å². The van der Waals surface area contributed by atoms with Crippen LogP contribution in [0, 0.1) is 0 Å². The predicted molar refractivity (Wildman–Crippen MR) is 104 cm³/mol. The summed E-state index contributed by atoms with van der Waals surface area (Å²) in [5, 5.41) is 13.1. The molecule has 0 spiro atoms. The number of aliphatic hydroxyl groups excluding tert-OH is 1. The lowest BCUT2D eigenvalue weighted by atomic mass is 9.96. The van der Waals surface area contributed by atoms with Gasteiger partial charge in [-0.3, -0.25) is 0 Å². The minimum atomic E-state index is -0.576. The first-order valence-electron chi connectivity index (χ1n) is 8.60. The zero-order valence-electron chi connectivity index (χ0n) is 14.0. The van der Waals surface area contributed by atoms with Gasteiger partial charge < -0.3 is 5.11 Å². The lowest BCUT2D eigenvalue weighted by Crippen LogP contribution is -1.99. The van der Waals surface area contributed by atoms with Gasteiger partial charge in [0.05, 0.1) is 0 Å². The van der Waals surface area contributed by atoms with Gasteiger partial charge in [-0.2, -0.15) is 0 Å². The maximum absolute atomic E-state index is 10.5. The number of benzene rings is 4. The van der Waals surface area contributed by atoms with Crippen molar-refractivity contribution in [1.82, 2.24) is 0 Å². The van der Waals surface area contributed by atoms with Crippen LogP contribution in [0.2, 0.25) is 0 Å². The highest BCUT2D eigenvalue weighted by molar-refractivity contribution is 5.85. The van der Waals surface area contributed by atoms with E-state index in [1.807, 2.05) is 42.5 Å². The molecule has 0 aliphatic heterocycles. The summed E-state index contributed by atoms with van der Waals surface area (Å²) in [6, 6.07) is 33.0. The third-order valence-corrected chi connectivity index (χ3v) is 4.69. The van der Waals surface area contributed by atoms with E-state index in [9.17, 15) is 5.11 Å².